The number of ether oxygens (including phenoxy) is 1. The van der Waals surface area contributed by atoms with E-state index in [0.717, 1.165) is 22.2 Å². The normalized spacial score (nSPS) is 21.9. The zero-order valence-electron chi connectivity index (χ0n) is 20.3. The standard InChI is InChI=1S/C27H32N4O4/c1-17-12-21(23-6-4-5-7-24(23)29-17)16-35-22-10-8-20(9-11-22)26(33)30-27(15-25(32)31-34)13-18(2)28-19(3)14-27/h4-12,18-19,28,34H,13-16H2,1-3H3,(H,30,33)(H,31,32)/t18-,19+,27?. The molecule has 1 aliphatic heterocycles. The molecule has 35 heavy (non-hydrogen) atoms. The lowest BCUT2D eigenvalue weighted by atomic mass is 9.78. The number of hydroxylamine groups is 1. The molecule has 3 atom stereocenters. The largest absolute Gasteiger partial charge is 0.489 e. The molecule has 2 amide bonds. The summed E-state index contributed by atoms with van der Waals surface area (Å²) in [6, 6.07) is 17.2. The van der Waals surface area contributed by atoms with Gasteiger partial charge in [0.15, 0.2) is 0 Å². The molecular weight excluding hydrogens is 444 g/mol. The lowest BCUT2D eigenvalue weighted by Gasteiger charge is -2.43. The molecule has 1 saturated heterocycles. The summed E-state index contributed by atoms with van der Waals surface area (Å²) in [6.45, 7) is 6.39. The smallest absolute Gasteiger partial charge is 0.251 e. The molecule has 0 aliphatic carbocycles. The van der Waals surface area contributed by atoms with Crippen molar-refractivity contribution >= 4 is 22.7 Å². The van der Waals surface area contributed by atoms with Crippen LogP contribution in [0.4, 0.5) is 0 Å². The highest BCUT2D eigenvalue weighted by molar-refractivity contribution is 5.95. The van der Waals surface area contributed by atoms with Crippen LogP contribution in [0.5, 0.6) is 5.75 Å². The van der Waals surface area contributed by atoms with Gasteiger partial charge in [-0.2, -0.15) is 0 Å². The summed E-state index contributed by atoms with van der Waals surface area (Å²) in [5.74, 6) is -0.132. The van der Waals surface area contributed by atoms with E-state index in [1.165, 1.54) is 0 Å². The number of carbonyl (C=O) groups is 2. The maximum absolute atomic E-state index is 13.1. The Morgan fingerprint density at radius 3 is 2.49 bits per heavy atom. The van der Waals surface area contributed by atoms with Crippen LogP contribution in [0.25, 0.3) is 10.9 Å². The topological polar surface area (TPSA) is 113 Å². The van der Waals surface area contributed by atoms with Gasteiger partial charge in [-0.15, -0.1) is 0 Å². The van der Waals surface area contributed by atoms with Crippen LogP contribution < -0.4 is 20.9 Å². The Hall–Kier alpha value is -3.49. The fourth-order valence-corrected chi connectivity index (χ4v) is 5.19. The van der Waals surface area contributed by atoms with Crippen molar-refractivity contribution in [3.05, 3.63) is 71.4 Å². The van der Waals surface area contributed by atoms with Crippen molar-refractivity contribution < 1.29 is 19.5 Å². The van der Waals surface area contributed by atoms with Crippen LogP contribution in [0.15, 0.2) is 54.6 Å². The number of para-hydroxylation sites is 1. The lowest BCUT2D eigenvalue weighted by Crippen LogP contribution is -2.61. The van der Waals surface area contributed by atoms with Gasteiger partial charge in [0.2, 0.25) is 5.91 Å². The highest BCUT2D eigenvalue weighted by Crippen LogP contribution is 2.29. The van der Waals surface area contributed by atoms with E-state index in [4.69, 9.17) is 9.94 Å². The number of nitrogens with zero attached hydrogens (tertiary/aromatic N) is 1. The van der Waals surface area contributed by atoms with Crippen molar-refractivity contribution in [3.8, 4) is 5.75 Å². The molecule has 1 fully saturated rings. The molecule has 1 aromatic heterocycles. The van der Waals surface area contributed by atoms with Crippen LogP contribution in [0.2, 0.25) is 0 Å². The number of benzene rings is 2. The van der Waals surface area contributed by atoms with Gasteiger partial charge in [0, 0.05) is 34.3 Å². The summed E-state index contributed by atoms with van der Waals surface area (Å²) in [6.07, 6.45) is 1.17. The molecule has 4 N–H and O–H groups in total. The number of piperidine rings is 1. The Balaban J connectivity index is 1.45. The minimum Gasteiger partial charge on any atom is -0.489 e. The van der Waals surface area contributed by atoms with E-state index < -0.39 is 11.4 Å². The summed E-state index contributed by atoms with van der Waals surface area (Å²) in [5.41, 5.74) is 4.34. The number of aromatic nitrogens is 1. The van der Waals surface area contributed by atoms with Gasteiger partial charge in [0.1, 0.15) is 12.4 Å². The molecule has 2 heterocycles. The molecule has 0 radical (unpaired) electrons. The van der Waals surface area contributed by atoms with Gasteiger partial charge in [-0.25, -0.2) is 5.48 Å². The molecule has 4 rings (SSSR count). The molecule has 0 bridgehead atoms. The number of carbonyl (C=O) groups excluding carboxylic acids is 2. The molecule has 2 aromatic carbocycles. The highest BCUT2D eigenvalue weighted by Gasteiger charge is 2.40. The molecule has 8 nitrogen and oxygen atoms in total. The maximum atomic E-state index is 13.1. The molecule has 3 aromatic rings. The first-order valence-corrected chi connectivity index (χ1v) is 11.9. The van der Waals surface area contributed by atoms with Crippen LogP contribution >= 0.6 is 0 Å². The van der Waals surface area contributed by atoms with Gasteiger partial charge in [-0.3, -0.25) is 19.8 Å². The number of pyridine rings is 1. The summed E-state index contributed by atoms with van der Waals surface area (Å²) in [7, 11) is 0. The molecular formula is C27H32N4O4. The first-order valence-electron chi connectivity index (χ1n) is 11.9. The van der Waals surface area contributed by atoms with Crippen LogP contribution in [0.3, 0.4) is 0 Å². The fraction of sp³-hybridized carbons (Fsp3) is 0.370. The van der Waals surface area contributed by atoms with Gasteiger partial charge < -0.3 is 15.4 Å². The minimum atomic E-state index is -0.747. The molecule has 0 saturated carbocycles. The number of rotatable bonds is 7. The molecule has 0 spiro atoms. The molecule has 8 heteroatoms. The predicted molar refractivity (Wildman–Crippen MR) is 133 cm³/mol. The van der Waals surface area contributed by atoms with Gasteiger partial charge in [0.05, 0.1) is 17.5 Å². The summed E-state index contributed by atoms with van der Waals surface area (Å²) in [5, 5.41) is 16.6. The Morgan fingerprint density at radius 2 is 1.80 bits per heavy atom. The SMILES string of the molecule is Cc1cc(COc2ccc(C(=O)NC3(CC(=O)NO)C[C@@H](C)N[C@@H](C)C3)cc2)c2ccccc2n1. The second-order valence-electron chi connectivity index (χ2n) is 9.58. The monoisotopic (exact) mass is 476 g/mol. The zero-order chi connectivity index (χ0) is 25.0. The molecule has 184 valence electrons. The second-order valence-corrected chi connectivity index (χ2v) is 9.58. The van der Waals surface area contributed by atoms with Crippen molar-refractivity contribution in [2.24, 2.45) is 0 Å². The molecule has 1 unspecified atom stereocenters. The number of fused-ring (bicyclic) bond motifs is 1. The van der Waals surface area contributed by atoms with E-state index in [-0.39, 0.29) is 24.4 Å². The number of hydrogen-bond acceptors (Lipinski definition) is 6. The van der Waals surface area contributed by atoms with Crippen LogP contribution in [-0.4, -0.2) is 39.6 Å². The van der Waals surface area contributed by atoms with Crippen molar-refractivity contribution in [1.82, 2.24) is 21.1 Å². The first kappa shape index (κ1) is 24.6. The third-order valence-corrected chi connectivity index (χ3v) is 6.41. The van der Waals surface area contributed by atoms with E-state index in [1.807, 2.05) is 51.1 Å². The van der Waals surface area contributed by atoms with E-state index in [1.54, 1.807) is 29.7 Å². The Morgan fingerprint density at radius 1 is 1.11 bits per heavy atom. The average molecular weight is 477 g/mol. The number of nitrogens with one attached hydrogen (secondary N) is 3. The van der Waals surface area contributed by atoms with Gasteiger partial charge >= 0.3 is 0 Å². The zero-order valence-corrected chi connectivity index (χ0v) is 20.3. The third-order valence-electron chi connectivity index (χ3n) is 6.41. The summed E-state index contributed by atoms with van der Waals surface area (Å²) in [4.78, 5) is 29.7. The quantitative estimate of drug-likeness (QED) is 0.306. The first-order chi connectivity index (χ1) is 16.8. The van der Waals surface area contributed by atoms with Crippen LogP contribution in [0, 0.1) is 6.92 Å². The summed E-state index contributed by atoms with van der Waals surface area (Å²) < 4.78 is 6.01. The van der Waals surface area contributed by atoms with E-state index in [2.05, 4.69) is 15.6 Å². The van der Waals surface area contributed by atoms with Crippen molar-refractivity contribution in [2.45, 2.75) is 64.3 Å². The van der Waals surface area contributed by atoms with Crippen LogP contribution in [0.1, 0.15) is 54.7 Å². The lowest BCUT2D eigenvalue weighted by molar-refractivity contribution is -0.131. The maximum Gasteiger partial charge on any atom is 0.251 e. The molecule has 1 aliphatic rings. The van der Waals surface area contributed by atoms with Crippen molar-refractivity contribution in [1.29, 1.82) is 0 Å². The predicted octanol–water partition coefficient (Wildman–Crippen LogP) is 3.65. The number of hydrogen-bond donors (Lipinski definition) is 4. The highest BCUT2D eigenvalue weighted by atomic mass is 16.5. The second kappa shape index (κ2) is 10.4. The van der Waals surface area contributed by atoms with E-state index >= 15 is 0 Å². The third kappa shape index (κ3) is 5.96. The van der Waals surface area contributed by atoms with Crippen LogP contribution in [-0.2, 0) is 11.4 Å². The fourth-order valence-electron chi connectivity index (χ4n) is 5.19. The Kier molecular flexibility index (Phi) is 7.33. The summed E-state index contributed by atoms with van der Waals surface area (Å²) >= 11 is 0. The van der Waals surface area contributed by atoms with Crippen molar-refractivity contribution in [3.63, 3.8) is 0 Å². The Labute approximate surface area is 205 Å². The minimum absolute atomic E-state index is 0.00605. The van der Waals surface area contributed by atoms with Crippen molar-refractivity contribution in [2.75, 3.05) is 0 Å². The van der Waals surface area contributed by atoms with E-state index in [0.29, 0.717) is 30.8 Å². The van der Waals surface area contributed by atoms with Gasteiger partial charge in [-0.1, -0.05) is 18.2 Å². The van der Waals surface area contributed by atoms with Gasteiger partial charge in [0.25, 0.3) is 5.91 Å². The van der Waals surface area contributed by atoms with Gasteiger partial charge in [-0.05, 0) is 70.0 Å². The number of aryl methyl sites for hydroxylation is 1. The average Bonchev–Trinajstić information content (AvgIpc) is 2.81. The number of amides is 2. The van der Waals surface area contributed by atoms with E-state index in [9.17, 15) is 9.59 Å². The Bertz CT molecular complexity index is 1200.